The molecular weight excluding hydrogens is 336 g/mol. The molecule has 0 spiro atoms. The summed E-state index contributed by atoms with van der Waals surface area (Å²) in [5.41, 5.74) is 2.39. The fourth-order valence-electron chi connectivity index (χ4n) is 3.44. The van der Waals surface area contributed by atoms with Crippen molar-refractivity contribution in [3.63, 3.8) is 0 Å². The molecule has 0 aliphatic carbocycles. The van der Waals surface area contributed by atoms with Crippen LogP contribution in [0.15, 0.2) is 42.7 Å². The van der Waals surface area contributed by atoms with Crippen molar-refractivity contribution in [2.24, 2.45) is 0 Å². The van der Waals surface area contributed by atoms with Gasteiger partial charge in [0.05, 0.1) is 28.3 Å². The van der Waals surface area contributed by atoms with Crippen molar-refractivity contribution < 1.29 is 4.79 Å². The molecule has 25 heavy (non-hydrogen) atoms. The predicted molar refractivity (Wildman–Crippen MR) is 97.9 cm³/mol. The number of pyridine rings is 1. The van der Waals surface area contributed by atoms with Crippen molar-refractivity contribution >= 4 is 28.4 Å². The van der Waals surface area contributed by atoms with Crippen LogP contribution in [0, 0.1) is 6.92 Å². The number of amides is 1. The lowest BCUT2D eigenvalue weighted by atomic mass is 10.0. The van der Waals surface area contributed by atoms with E-state index in [4.69, 9.17) is 11.6 Å². The molecule has 0 saturated carbocycles. The Morgan fingerprint density at radius 3 is 2.72 bits per heavy atom. The van der Waals surface area contributed by atoms with E-state index in [1.54, 1.807) is 6.20 Å². The zero-order chi connectivity index (χ0) is 17.4. The summed E-state index contributed by atoms with van der Waals surface area (Å²) in [5.74, 6) is 0.0562. The van der Waals surface area contributed by atoms with Crippen molar-refractivity contribution in [2.75, 3.05) is 13.1 Å². The molecule has 1 fully saturated rings. The highest BCUT2D eigenvalue weighted by molar-refractivity contribution is 6.30. The van der Waals surface area contributed by atoms with Crippen LogP contribution in [0.5, 0.6) is 0 Å². The van der Waals surface area contributed by atoms with Crippen LogP contribution in [0.1, 0.15) is 34.9 Å². The highest BCUT2D eigenvalue weighted by Crippen LogP contribution is 2.26. The Morgan fingerprint density at radius 2 is 2.00 bits per heavy atom. The van der Waals surface area contributed by atoms with Crippen LogP contribution in [-0.2, 0) is 0 Å². The van der Waals surface area contributed by atoms with E-state index in [1.807, 2.05) is 53.0 Å². The van der Waals surface area contributed by atoms with Gasteiger partial charge in [-0.3, -0.25) is 14.5 Å². The van der Waals surface area contributed by atoms with E-state index in [0.717, 1.165) is 29.4 Å². The van der Waals surface area contributed by atoms with Gasteiger partial charge in [-0.15, -0.1) is 0 Å². The molecule has 3 heterocycles. The molecule has 1 saturated heterocycles. The summed E-state index contributed by atoms with van der Waals surface area (Å²) in [6, 6.07) is 10.1. The minimum Gasteiger partial charge on any atom is -0.338 e. The van der Waals surface area contributed by atoms with Gasteiger partial charge in [0.2, 0.25) is 0 Å². The number of carbonyl (C=O) groups excluding carboxylic acids is 1. The zero-order valence-corrected chi connectivity index (χ0v) is 14.8. The summed E-state index contributed by atoms with van der Waals surface area (Å²) in [7, 11) is 0. The number of para-hydroxylation sites is 1. The maximum atomic E-state index is 13.0. The molecule has 1 amide bonds. The van der Waals surface area contributed by atoms with Gasteiger partial charge in [0.1, 0.15) is 0 Å². The standard InChI is InChI=1S/C19H19ClN4O/c1-13-5-6-14-3-2-4-17(18(14)22-13)19(25)23-9-7-16(8-10-23)24-12-15(20)11-21-24/h2-6,11-12,16H,7-10H2,1H3. The van der Waals surface area contributed by atoms with Crippen LogP contribution in [0.2, 0.25) is 5.02 Å². The Bertz CT molecular complexity index is 928. The Balaban J connectivity index is 1.54. The van der Waals surface area contributed by atoms with Gasteiger partial charge < -0.3 is 4.90 Å². The average Bonchev–Trinajstić information content (AvgIpc) is 3.07. The maximum Gasteiger partial charge on any atom is 0.256 e. The second-order valence-electron chi connectivity index (χ2n) is 6.49. The van der Waals surface area contributed by atoms with Crippen LogP contribution in [0.3, 0.4) is 0 Å². The molecule has 6 heteroatoms. The van der Waals surface area contributed by atoms with E-state index in [0.29, 0.717) is 29.7 Å². The Hall–Kier alpha value is -2.40. The highest BCUT2D eigenvalue weighted by Gasteiger charge is 2.26. The van der Waals surface area contributed by atoms with Crippen LogP contribution >= 0.6 is 11.6 Å². The Labute approximate surface area is 151 Å². The number of likely N-dealkylation sites (tertiary alicyclic amines) is 1. The fraction of sp³-hybridized carbons (Fsp3) is 0.316. The van der Waals surface area contributed by atoms with Crippen molar-refractivity contribution in [3.05, 3.63) is 59.0 Å². The molecule has 0 atom stereocenters. The summed E-state index contributed by atoms with van der Waals surface area (Å²) < 4.78 is 1.91. The van der Waals surface area contributed by atoms with Crippen molar-refractivity contribution in [1.29, 1.82) is 0 Å². The number of hydrogen-bond donors (Lipinski definition) is 0. The van der Waals surface area contributed by atoms with Gasteiger partial charge in [-0.05, 0) is 31.9 Å². The van der Waals surface area contributed by atoms with Crippen molar-refractivity contribution in [1.82, 2.24) is 19.7 Å². The van der Waals surface area contributed by atoms with Crippen LogP contribution in [0.25, 0.3) is 10.9 Å². The van der Waals surface area contributed by atoms with Gasteiger partial charge in [-0.2, -0.15) is 5.10 Å². The number of hydrogen-bond acceptors (Lipinski definition) is 3. The Kier molecular flexibility index (Phi) is 4.17. The summed E-state index contributed by atoms with van der Waals surface area (Å²) in [6.45, 7) is 3.37. The van der Waals surface area contributed by atoms with Gasteiger partial charge in [-0.25, -0.2) is 0 Å². The lowest BCUT2D eigenvalue weighted by Crippen LogP contribution is -2.39. The molecule has 5 nitrogen and oxygen atoms in total. The van der Waals surface area contributed by atoms with Gasteiger partial charge >= 0.3 is 0 Å². The summed E-state index contributed by atoms with van der Waals surface area (Å²) >= 11 is 5.95. The summed E-state index contributed by atoms with van der Waals surface area (Å²) in [6.07, 6.45) is 5.26. The number of rotatable bonds is 2. The number of carbonyl (C=O) groups is 1. The molecule has 128 valence electrons. The second-order valence-corrected chi connectivity index (χ2v) is 6.93. The van der Waals surface area contributed by atoms with Crippen LogP contribution in [0.4, 0.5) is 0 Å². The van der Waals surface area contributed by atoms with E-state index >= 15 is 0 Å². The number of halogens is 1. The molecule has 0 bridgehead atoms. The molecule has 1 aromatic carbocycles. The average molecular weight is 355 g/mol. The predicted octanol–water partition coefficient (Wildman–Crippen LogP) is 3.87. The fourth-order valence-corrected chi connectivity index (χ4v) is 3.58. The Morgan fingerprint density at radius 1 is 1.20 bits per heavy atom. The number of piperidine rings is 1. The monoisotopic (exact) mass is 354 g/mol. The number of aryl methyl sites for hydroxylation is 1. The second kappa shape index (κ2) is 6.48. The molecule has 2 aromatic heterocycles. The highest BCUT2D eigenvalue weighted by atomic mass is 35.5. The lowest BCUT2D eigenvalue weighted by molar-refractivity contribution is 0.0691. The normalized spacial score (nSPS) is 15.7. The third kappa shape index (κ3) is 3.12. The molecule has 1 aliphatic heterocycles. The quantitative estimate of drug-likeness (QED) is 0.702. The number of nitrogens with zero attached hydrogens (tertiary/aromatic N) is 4. The molecule has 4 rings (SSSR count). The van der Waals surface area contributed by atoms with Gasteiger partial charge in [0, 0.05) is 30.4 Å². The van der Waals surface area contributed by atoms with Crippen LogP contribution in [-0.4, -0.2) is 38.7 Å². The molecule has 1 aliphatic rings. The first-order chi connectivity index (χ1) is 12.1. The molecule has 0 radical (unpaired) electrons. The molecule has 0 unspecified atom stereocenters. The summed E-state index contributed by atoms with van der Waals surface area (Å²) in [4.78, 5) is 19.5. The molecular formula is C19H19ClN4O. The van der Waals surface area contributed by atoms with Crippen molar-refractivity contribution in [3.8, 4) is 0 Å². The maximum absolute atomic E-state index is 13.0. The van der Waals surface area contributed by atoms with E-state index in [1.165, 1.54) is 0 Å². The van der Waals surface area contributed by atoms with Crippen LogP contribution < -0.4 is 0 Å². The lowest BCUT2D eigenvalue weighted by Gasteiger charge is -2.32. The van der Waals surface area contributed by atoms with Crippen molar-refractivity contribution in [2.45, 2.75) is 25.8 Å². The van der Waals surface area contributed by atoms with Gasteiger partial charge in [-0.1, -0.05) is 29.8 Å². The first-order valence-corrected chi connectivity index (χ1v) is 8.85. The first kappa shape index (κ1) is 16.1. The first-order valence-electron chi connectivity index (χ1n) is 8.47. The molecule has 3 aromatic rings. The SMILES string of the molecule is Cc1ccc2cccc(C(=O)N3CCC(n4cc(Cl)cn4)CC3)c2n1. The number of fused-ring (bicyclic) bond motifs is 1. The van der Waals surface area contributed by atoms with Gasteiger partial charge in [0.25, 0.3) is 5.91 Å². The smallest absolute Gasteiger partial charge is 0.256 e. The van der Waals surface area contributed by atoms with E-state index in [9.17, 15) is 4.79 Å². The van der Waals surface area contributed by atoms with Gasteiger partial charge in [0.15, 0.2) is 0 Å². The minimum absolute atomic E-state index is 0.0562. The summed E-state index contributed by atoms with van der Waals surface area (Å²) in [5, 5.41) is 5.94. The number of aromatic nitrogens is 3. The van der Waals surface area contributed by atoms with E-state index < -0.39 is 0 Å². The third-order valence-corrected chi connectivity index (χ3v) is 4.98. The largest absolute Gasteiger partial charge is 0.338 e. The zero-order valence-electron chi connectivity index (χ0n) is 14.0. The topological polar surface area (TPSA) is 51.0 Å². The third-order valence-electron chi connectivity index (χ3n) is 4.79. The molecule has 0 N–H and O–H groups in total. The minimum atomic E-state index is 0.0562. The van der Waals surface area contributed by atoms with E-state index in [2.05, 4.69) is 10.1 Å². The van der Waals surface area contributed by atoms with E-state index in [-0.39, 0.29) is 5.91 Å². The number of benzene rings is 1.